The van der Waals surface area contributed by atoms with E-state index in [9.17, 15) is 22.8 Å². The van der Waals surface area contributed by atoms with E-state index in [0.29, 0.717) is 10.0 Å². The Morgan fingerprint density at radius 2 is 1.67 bits per heavy atom. The molecule has 2 aromatic carbocycles. The first-order valence-electron chi connectivity index (χ1n) is 7.77. The van der Waals surface area contributed by atoms with Gasteiger partial charge in [-0.05, 0) is 48.9 Å². The third-order valence-corrected chi connectivity index (χ3v) is 4.44. The molecule has 0 spiro atoms. The normalized spacial score (nSPS) is 12.4. The number of benzene rings is 2. The van der Waals surface area contributed by atoms with Crippen molar-refractivity contribution in [3.63, 3.8) is 0 Å². The average Bonchev–Trinajstić information content (AvgIpc) is 2.61. The van der Waals surface area contributed by atoms with Crippen LogP contribution in [0.15, 0.2) is 42.5 Å². The number of halogens is 5. The highest BCUT2D eigenvalue weighted by atomic mass is 35.5. The molecule has 2 aromatic rings. The predicted octanol–water partition coefficient (Wildman–Crippen LogP) is 4.62. The van der Waals surface area contributed by atoms with Gasteiger partial charge in [0.25, 0.3) is 5.91 Å². The minimum atomic E-state index is -4.48. The summed E-state index contributed by atoms with van der Waals surface area (Å²) in [6.07, 6.45) is -4.48. The number of nitrogens with one attached hydrogen (secondary N) is 2. The molecule has 0 heterocycles. The molecule has 0 fully saturated rings. The van der Waals surface area contributed by atoms with Crippen LogP contribution in [0.5, 0.6) is 0 Å². The third kappa shape index (κ3) is 5.87. The van der Waals surface area contributed by atoms with Crippen molar-refractivity contribution < 1.29 is 22.8 Å². The average molecular weight is 419 g/mol. The molecule has 2 rings (SSSR count). The molecule has 0 saturated heterocycles. The van der Waals surface area contributed by atoms with Crippen molar-refractivity contribution in [1.29, 1.82) is 0 Å². The summed E-state index contributed by atoms with van der Waals surface area (Å²) in [7, 11) is 0. The summed E-state index contributed by atoms with van der Waals surface area (Å²) in [6.45, 7) is 1.40. The Morgan fingerprint density at radius 3 is 2.22 bits per heavy atom. The van der Waals surface area contributed by atoms with Gasteiger partial charge in [0.1, 0.15) is 0 Å². The summed E-state index contributed by atoms with van der Waals surface area (Å²) in [5.41, 5.74) is -0.104. The largest absolute Gasteiger partial charge is 0.416 e. The van der Waals surface area contributed by atoms with Crippen LogP contribution in [0.4, 0.5) is 13.2 Å². The zero-order valence-electron chi connectivity index (χ0n) is 14.0. The van der Waals surface area contributed by atoms with Crippen LogP contribution in [0.2, 0.25) is 10.0 Å². The van der Waals surface area contributed by atoms with Gasteiger partial charge in [0.05, 0.1) is 28.2 Å². The van der Waals surface area contributed by atoms with Crippen molar-refractivity contribution in [2.45, 2.75) is 19.1 Å². The smallest absolute Gasteiger partial charge is 0.348 e. The lowest BCUT2D eigenvalue weighted by Gasteiger charge is -2.15. The summed E-state index contributed by atoms with van der Waals surface area (Å²) in [5, 5.41) is 5.77. The molecule has 144 valence electrons. The van der Waals surface area contributed by atoms with Crippen molar-refractivity contribution in [3.05, 3.63) is 69.2 Å². The topological polar surface area (TPSA) is 58.2 Å². The highest BCUT2D eigenvalue weighted by Crippen LogP contribution is 2.29. The molecule has 0 aliphatic heterocycles. The van der Waals surface area contributed by atoms with Crippen LogP contribution in [-0.4, -0.2) is 18.4 Å². The second-order valence-electron chi connectivity index (χ2n) is 5.72. The fourth-order valence-electron chi connectivity index (χ4n) is 2.23. The van der Waals surface area contributed by atoms with Crippen LogP contribution >= 0.6 is 23.2 Å². The molecule has 2 amide bonds. The van der Waals surface area contributed by atoms with Crippen LogP contribution in [-0.2, 0) is 11.0 Å². The lowest BCUT2D eigenvalue weighted by molar-refractivity contribution is -0.137. The first kappa shape index (κ1) is 21.1. The molecule has 0 aliphatic carbocycles. The summed E-state index contributed by atoms with van der Waals surface area (Å²) in [4.78, 5) is 23.9. The molecule has 2 N–H and O–H groups in total. The maximum Gasteiger partial charge on any atom is 0.416 e. The van der Waals surface area contributed by atoms with Crippen LogP contribution in [0.1, 0.15) is 34.5 Å². The van der Waals surface area contributed by atoms with E-state index in [1.54, 1.807) is 25.1 Å². The van der Waals surface area contributed by atoms with E-state index in [4.69, 9.17) is 23.2 Å². The predicted molar refractivity (Wildman–Crippen MR) is 96.8 cm³/mol. The summed E-state index contributed by atoms with van der Waals surface area (Å²) >= 11 is 11.8. The number of alkyl halides is 3. The Bertz CT molecular complexity index is 839. The monoisotopic (exact) mass is 418 g/mol. The van der Waals surface area contributed by atoms with Gasteiger partial charge in [-0.1, -0.05) is 29.3 Å². The second-order valence-corrected chi connectivity index (χ2v) is 6.53. The minimum absolute atomic E-state index is 0.0216. The second kappa shape index (κ2) is 8.63. The minimum Gasteiger partial charge on any atom is -0.348 e. The van der Waals surface area contributed by atoms with Crippen LogP contribution in [0.25, 0.3) is 0 Å². The van der Waals surface area contributed by atoms with E-state index in [1.165, 1.54) is 0 Å². The van der Waals surface area contributed by atoms with Crippen molar-refractivity contribution in [2.24, 2.45) is 0 Å². The van der Waals surface area contributed by atoms with E-state index < -0.39 is 23.6 Å². The summed E-state index contributed by atoms with van der Waals surface area (Å²) in [5.74, 6) is -1.12. The highest BCUT2D eigenvalue weighted by Gasteiger charge is 2.30. The number of hydrogen-bond donors (Lipinski definition) is 2. The van der Waals surface area contributed by atoms with Crippen LogP contribution in [0.3, 0.4) is 0 Å². The van der Waals surface area contributed by atoms with Crippen LogP contribution < -0.4 is 10.6 Å². The van der Waals surface area contributed by atoms with Gasteiger partial charge in [0, 0.05) is 5.56 Å². The Balaban J connectivity index is 1.89. The van der Waals surface area contributed by atoms with Gasteiger partial charge < -0.3 is 10.6 Å². The zero-order valence-corrected chi connectivity index (χ0v) is 15.5. The number of carbonyl (C=O) groups is 2. The first-order chi connectivity index (χ1) is 12.6. The molecule has 0 saturated carbocycles. The standard InChI is InChI=1S/C18H15Cl2F3N2O2/c1-10(12-4-7-14(19)15(20)8-12)25-16(26)9-24-17(27)11-2-5-13(6-3-11)18(21,22)23/h2-8,10H,9H2,1H3,(H,24,27)(H,25,26). The number of carbonyl (C=O) groups excluding carboxylic acids is 2. The van der Waals surface area contributed by atoms with Crippen molar-refractivity contribution in [2.75, 3.05) is 6.54 Å². The van der Waals surface area contributed by atoms with Gasteiger partial charge >= 0.3 is 6.18 Å². The zero-order chi connectivity index (χ0) is 20.2. The van der Waals surface area contributed by atoms with Crippen molar-refractivity contribution >= 4 is 35.0 Å². The van der Waals surface area contributed by atoms with Gasteiger partial charge in [-0.3, -0.25) is 9.59 Å². The maximum absolute atomic E-state index is 12.5. The molecule has 1 unspecified atom stereocenters. The molecule has 4 nitrogen and oxygen atoms in total. The van der Waals surface area contributed by atoms with Gasteiger partial charge in [-0.2, -0.15) is 13.2 Å². The molecule has 0 radical (unpaired) electrons. The molecular formula is C18H15Cl2F3N2O2. The SMILES string of the molecule is CC(NC(=O)CNC(=O)c1ccc(C(F)(F)F)cc1)c1ccc(Cl)c(Cl)c1. The molecule has 1 atom stereocenters. The van der Waals surface area contributed by atoms with E-state index >= 15 is 0 Å². The van der Waals surface area contributed by atoms with E-state index in [2.05, 4.69) is 10.6 Å². The maximum atomic E-state index is 12.5. The molecule has 0 bridgehead atoms. The Kier molecular flexibility index (Phi) is 6.73. The van der Waals surface area contributed by atoms with Gasteiger partial charge in [-0.25, -0.2) is 0 Å². The Morgan fingerprint density at radius 1 is 1.04 bits per heavy atom. The van der Waals surface area contributed by atoms with Gasteiger partial charge in [0.2, 0.25) is 5.91 Å². The van der Waals surface area contributed by atoms with E-state index in [-0.39, 0.29) is 18.2 Å². The molecular weight excluding hydrogens is 404 g/mol. The lowest BCUT2D eigenvalue weighted by atomic mass is 10.1. The van der Waals surface area contributed by atoms with Crippen molar-refractivity contribution in [1.82, 2.24) is 10.6 Å². The molecule has 0 aromatic heterocycles. The van der Waals surface area contributed by atoms with E-state index in [0.717, 1.165) is 29.8 Å². The fraction of sp³-hybridized carbons (Fsp3) is 0.222. The first-order valence-corrected chi connectivity index (χ1v) is 8.53. The van der Waals surface area contributed by atoms with Crippen LogP contribution in [0, 0.1) is 0 Å². The molecule has 9 heteroatoms. The van der Waals surface area contributed by atoms with Gasteiger partial charge in [-0.15, -0.1) is 0 Å². The summed E-state index contributed by atoms with van der Waals surface area (Å²) in [6, 6.07) is 8.27. The molecule has 0 aliphatic rings. The quantitative estimate of drug-likeness (QED) is 0.743. The molecule has 27 heavy (non-hydrogen) atoms. The third-order valence-electron chi connectivity index (χ3n) is 3.71. The van der Waals surface area contributed by atoms with Gasteiger partial charge in [0.15, 0.2) is 0 Å². The fourth-order valence-corrected chi connectivity index (χ4v) is 2.54. The van der Waals surface area contributed by atoms with Crippen molar-refractivity contribution in [3.8, 4) is 0 Å². The van der Waals surface area contributed by atoms with E-state index in [1.807, 2.05) is 0 Å². The highest BCUT2D eigenvalue weighted by molar-refractivity contribution is 6.42. The Hall–Kier alpha value is -2.25. The Labute approximate surface area is 163 Å². The number of amides is 2. The number of rotatable bonds is 5. The lowest BCUT2D eigenvalue weighted by Crippen LogP contribution is -2.38. The summed E-state index contributed by atoms with van der Waals surface area (Å²) < 4.78 is 37.5. The number of hydrogen-bond acceptors (Lipinski definition) is 2.